The average molecular weight is 620 g/mol. The van der Waals surface area contributed by atoms with Crippen LogP contribution in [0.5, 0.6) is 11.5 Å². The highest BCUT2D eigenvalue weighted by molar-refractivity contribution is 5.68. The highest BCUT2D eigenvalue weighted by Crippen LogP contribution is 2.33. The van der Waals surface area contributed by atoms with Crippen LogP contribution in [0.25, 0.3) is 0 Å². The van der Waals surface area contributed by atoms with Crippen LogP contribution < -0.4 is 9.47 Å². The van der Waals surface area contributed by atoms with Crippen LogP contribution in [0.2, 0.25) is 0 Å². The van der Waals surface area contributed by atoms with Crippen molar-refractivity contribution < 1.29 is 33.2 Å². The molecule has 0 saturated carbocycles. The normalized spacial score (nSPS) is 16.8. The lowest BCUT2D eigenvalue weighted by Gasteiger charge is -2.39. The van der Waals surface area contributed by atoms with Gasteiger partial charge in [0.05, 0.1) is 45.7 Å². The van der Waals surface area contributed by atoms with Gasteiger partial charge < -0.3 is 33.3 Å². The van der Waals surface area contributed by atoms with Crippen molar-refractivity contribution in [1.82, 2.24) is 4.90 Å². The molecule has 0 spiro atoms. The number of hydrogen-bond donors (Lipinski definition) is 0. The van der Waals surface area contributed by atoms with E-state index in [0.29, 0.717) is 52.7 Å². The molecule has 1 fully saturated rings. The van der Waals surface area contributed by atoms with Crippen LogP contribution in [0.3, 0.4) is 0 Å². The van der Waals surface area contributed by atoms with Gasteiger partial charge in [0.2, 0.25) is 0 Å². The fourth-order valence-corrected chi connectivity index (χ4v) is 5.21. The fraction of sp³-hybridized carbons (Fsp3) is 0.486. The Kier molecular flexibility index (Phi) is 13.5. The number of benzene rings is 3. The minimum absolute atomic E-state index is 0.123. The van der Waals surface area contributed by atoms with Crippen LogP contribution in [0, 0.1) is 0 Å². The number of hydrogen-bond acceptors (Lipinski definition) is 7. The maximum atomic E-state index is 12.9. The number of ether oxygens (including phenoxy) is 6. The van der Waals surface area contributed by atoms with Crippen molar-refractivity contribution >= 4 is 6.09 Å². The van der Waals surface area contributed by atoms with Gasteiger partial charge in [-0.15, -0.1) is 0 Å². The summed E-state index contributed by atoms with van der Waals surface area (Å²) in [6, 6.07) is 26.4. The van der Waals surface area contributed by atoms with Crippen molar-refractivity contribution in [2.75, 3.05) is 46.6 Å². The number of carbonyl (C=O) groups is 1. The Balaban J connectivity index is 1.33. The van der Waals surface area contributed by atoms with Crippen molar-refractivity contribution in [3.05, 3.63) is 95.6 Å². The molecule has 2 atom stereocenters. The van der Waals surface area contributed by atoms with Crippen LogP contribution in [0.1, 0.15) is 62.6 Å². The molecule has 8 nitrogen and oxygen atoms in total. The molecule has 2 unspecified atom stereocenters. The third kappa shape index (κ3) is 12.0. The molecule has 1 amide bonds. The summed E-state index contributed by atoms with van der Waals surface area (Å²) in [7, 11) is 1.69. The molecule has 1 saturated heterocycles. The smallest absolute Gasteiger partial charge is 0.410 e. The van der Waals surface area contributed by atoms with E-state index in [9.17, 15) is 4.79 Å². The molecule has 3 aromatic rings. The maximum absolute atomic E-state index is 12.9. The number of amides is 1. The summed E-state index contributed by atoms with van der Waals surface area (Å²) in [6.45, 7) is 10.2. The van der Waals surface area contributed by atoms with Gasteiger partial charge in [0.15, 0.2) is 0 Å². The lowest BCUT2D eigenvalue weighted by Crippen LogP contribution is -2.48. The Morgan fingerprint density at radius 3 is 2.24 bits per heavy atom. The zero-order valence-electron chi connectivity index (χ0n) is 27.2. The van der Waals surface area contributed by atoms with Gasteiger partial charge in [0, 0.05) is 39.0 Å². The van der Waals surface area contributed by atoms with Crippen LogP contribution in [-0.2, 0) is 32.2 Å². The molecule has 244 valence electrons. The third-order valence-corrected chi connectivity index (χ3v) is 7.46. The van der Waals surface area contributed by atoms with Gasteiger partial charge in [0.25, 0.3) is 0 Å². The fourth-order valence-electron chi connectivity index (χ4n) is 5.21. The van der Waals surface area contributed by atoms with Crippen molar-refractivity contribution in [3.63, 3.8) is 0 Å². The molecule has 0 bridgehead atoms. The van der Waals surface area contributed by atoms with Crippen molar-refractivity contribution in [2.24, 2.45) is 0 Å². The first-order chi connectivity index (χ1) is 21.8. The van der Waals surface area contributed by atoms with Gasteiger partial charge in [-0.1, -0.05) is 54.6 Å². The second kappa shape index (κ2) is 17.8. The Labute approximate surface area is 268 Å². The lowest BCUT2D eigenvalue weighted by molar-refractivity contribution is -0.0360. The highest BCUT2D eigenvalue weighted by Gasteiger charge is 2.35. The van der Waals surface area contributed by atoms with Crippen molar-refractivity contribution in [3.8, 4) is 11.5 Å². The number of rotatable bonds is 16. The summed E-state index contributed by atoms with van der Waals surface area (Å²) < 4.78 is 35.0. The first-order valence-corrected chi connectivity index (χ1v) is 16.0. The van der Waals surface area contributed by atoms with E-state index >= 15 is 0 Å². The van der Waals surface area contributed by atoms with Crippen LogP contribution >= 0.6 is 0 Å². The molecule has 0 aromatic heterocycles. The molecule has 1 heterocycles. The van der Waals surface area contributed by atoms with E-state index < -0.39 is 5.60 Å². The first kappa shape index (κ1) is 34.3. The monoisotopic (exact) mass is 619 g/mol. The summed E-state index contributed by atoms with van der Waals surface area (Å²) in [5, 5.41) is 0. The summed E-state index contributed by atoms with van der Waals surface area (Å²) in [5.74, 6) is 1.76. The topological polar surface area (TPSA) is 75.7 Å². The number of carbonyl (C=O) groups excluding carboxylic acids is 1. The number of likely N-dealkylation sites (tertiary alicyclic amines) is 1. The molecular formula is C37H49NO7. The molecule has 3 aromatic carbocycles. The van der Waals surface area contributed by atoms with Gasteiger partial charge in [0.1, 0.15) is 17.1 Å². The van der Waals surface area contributed by atoms with E-state index in [1.807, 2.05) is 75.4 Å². The van der Waals surface area contributed by atoms with Crippen LogP contribution in [-0.4, -0.2) is 69.3 Å². The number of piperidine rings is 1. The molecule has 0 N–H and O–H groups in total. The first-order valence-electron chi connectivity index (χ1n) is 16.0. The third-order valence-electron chi connectivity index (χ3n) is 7.46. The quantitative estimate of drug-likeness (QED) is 0.155. The molecule has 1 aliphatic heterocycles. The van der Waals surface area contributed by atoms with Gasteiger partial charge in [-0.3, -0.25) is 0 Å². The van der Waals surface area contributed by atoms with Gasteiger partial charge >= 0.3 is 6.09 Å². The predicted octanol–water partition coefficient (Wildman–Crippen LogP) is 7.40. The molecule has 45 heavy (non-hydrogen) atoms. The minimum atomic E-state index is -0.558. The van der Waals surface area contributed by atoms with Crippen LogP contribution in [0.15, 0.2) is 78.9 Å². The average Bonchev–Trinajstić information content (AvgIpc) is 3.04. The Bertz CT molecular complexity index is 1280. The lowest BCUT2D eigenvalue weighted by atomic mass is 9.87. The summed E-state index contributed by atoms with van der Waals surface area (Å²) in [5.41, 5.74) is 2.80. The van der Waals surface area contributed by atoms with Gasteiger partial charge in [-0.2, -0.15) is 0 Å². The number of nitrogens with zero attached hydrogens (tertiary/aromatic N) is 1. The van der Waals surface area contributed by atoms with E-state index in [0.717, 1.165) is 41.9 Å². The largest absolute Gasteiger partial charge is 0.494 e. The Hall–Kier alpha value is -3.59. The van der Waals surface area contributed by atoms with E-state index in [1.165, 1.54) is 5.56 Å². The Morgan fingerprint density at radius 1 is 0.800 bits per heavy atom. The molecular weight excluding hydrogens is 570 g/mol. The molecule has 8 heteroatoms. The van der Waals surface area contributed by atoms with Gasteiger partial charge in [-0.05, 0) is 68.1 Å². The Morgan fingerprint density at radius 2 is 1.51 bits per heavy atom. The predicted molar refractivity (Wildman–Crippen MR) is 175 cm³/mol. The van der Waals surface area contributed by atoms with Gasteiger partial charge in [-0.25, -0.2) is 4.79 Å². The van der Waals surface area contributed by atoms with E-state index in [4.69, 9.17) is 28.4 Å². The van der Waals surface area contributed by atoms with E-state index in [-0.39, 0.29) is 18.1 Å². The minimum Gasteiger partial charge on any atom is -0.494 e. The maximum Gasteiger partial charge on any atom is 0.410 e. The molecule has 0 aliphatic carbocycles. The SMILES string of the molecule is COCCCOc1cccc(COC2CN(C(=O)OC(C)(C)C)CCC2c2ccc(OCCCOCc3ccccc3)cc2)c1. The standard InChI is InChI=1S/C37H49NO7/c1-37(2,3)45-36(39)38-20-19-34(35(26-38)44-28-30-13-8-14-33(25-30)43-23-9-21-40-4)31-15-17-32(18-16-31)42-24-10-22-41-27-29-11-6-5-7-12-29/h5-8,11-18,25,34-35H,9-10,19-24,26-28H2,1-4H3. The van der Waals surface area contributed by atoms with E-state index in [1.54, 1.807) is 12.0 Å². The second-order valence-electron chi connectivity index (χ2n) is 12.3. The number of methoxy groups -OCH3 is 1. The summed E-state index contributed by atoms with van der Waals surface area (Å²) in [4.78, 5) is 14.7. The van der Waals surface area contributed by atoms with E-state index in [2.05, 4.69) is 24.3 Å². The molecule has 1 aliphatic rings. The zero-order chi connectivity index (χ0) is 31.9. The highest BCUT2D eigenvalue weighted by atomic mass is 16.6. The van der Waals surface area contributed by atoms with Crippen molar-refractivity contribution in [1.29, 1.82) is 0 Å². The summed E-state index contributed by atoms with van der Waals surface area (Å²) >= 11 is 0. The van der Waals surface area contributed by atoms with Crippen LogP contribution in [0.4, 0.5) is 4.79 Å². The molecule has 0 radical (unpaired) electrons. The van der Waals surface area contributed by atoms with Crippen molar-refractivity contribution in [2.45, 2.75) is 70.9 Å². The second-order valence-corrected chi connectivity index (χ2v) is 12.3. The molecule has 4 rings (SSSR count). The zero-order valence-corrected chi connectivity index (χ0v) is 27.2. The summed E-state index contributed by atoms with van der Waals surface area (Å²) in [6.07, 6.45) is 1.90.